The zero-order valence-electron chi connectivity index (χ0n) is 11.6. The zero-order valence-corrected chi connectivity index (χ0v) is 11.6. The second-order valence-corrected chi connectivity index (χ2v) is 4.75. The molecule has 0 spiro atoms. The van der Waals surface area contributed by atoms with Crippen LogP contribution in [0, 0.1) is 20.8 Å². The fraction of sp³-hybridized carbons (Fsp3) is 0.200. The number of aromatic nitrogens is 1. The first-order valence-electron chi connectivity index (χ1n) is 6.20. The highest BCUT2D eigenvalue weighted by Crippen LogP contribution is 2.19. The molecule has 0 atom stereocenters. The van der Waals surface area contributed by atoms with Crippen molar-refractivity contribution in [3.63, 3.8) is 0 Å². The molecule has 1 heterocycles. The third-order valence-electron chi connectivity index (χ3n) is 3.26. The molecule has 1 aromatic heterocycles. The van der Waals surface area contributed by atoms with E-state index >= 15 is 0 Å². The lowest BCUT2D eigenvalue weighted by atomic mass is 10.0. The average Bonchev–Trinajstić information content (AvgIpc) is 2.73. The molecule has 0 aliphatic heterocycles. The number of aryl methyl sites for hydroxylation is 2. The first-order valence-corrected chi connectivity index (χ1v) is 6.20. The fourth-order valence-corrected chi connectivity index (χ4v) is 2.04. The number of carboxylic acids is 1. The minimum atomic E-state index is -1.10. The molecule has 104 valence electrons. The summed E-state index contributed by atoms with van der Waals surface area (Å²) in [5, 5.41) is 11.7. The van der Waals surface area contributed by atoms with E-state index in [9.17, 15) is 9.59 Å². The van der Waals surface area contributed by atoms with Crippen LogP contribution in [0.5, 0.6) is 0 Å². The molecule has 2 aromatic rings. The van der Waals surface area contributed by atoms with E-state index < -0.39 is 5.97 Å². The van der Waals surface area contributed by atoms with Crippen molar-refractivity contribution in [3.8, 4) is 0 Å². The maximum atomic E-state index is 12.3. The van der Waals surface area contributed by atoms with E-state index in [1.54, 1.807) is 25.1 Å². The Hall–Kier alpha value is -2.56. The molecule has 20 heavy (non-hydrogen) atoms. The molecule has 2 rings (SSSR count). The van der Waals surface area contributed by atoms with E-state index in [1.165, 1.54) is 0 Å². The first kappa shape index (κ1) is 13.9. The number of benzene rings is 1. The summed E-state index contributed by atoms with van der Waals surface area (Å²) in [6.07, 6.45) is 0. The number of amides is 1. The Labute approximate surface area is 116 Å². The number of carbonyl (C=O) groups is 2. The van der Waals surface area contributed by atoms with Gasteiger partial charge in [-0.1, -0.05) is 12.1 Å². The van der Waals surface area contributed by atoms with E-state index in [2.05, 4.69) is 10.3 Å². The number of rotatable bonds is 3. The summed E-state index contributed by atoms with van der Waals surface area (Å²) in [7, 11) is 0. The highest BCUT2D eigenvalue weighted by atomic mass is 16.4. The smallest absolute Gasteiger partial charge is 0.354 e. The van der Waals surface area contributed by atoms with Gasteiger partial charge in [-0.15, -0.1) is 0 Å². The molecule has 0 fully saturated rings. The third-order valence-corrected chi connectivity index (χ3v) is 3.26. The van der Waals surface area contributed by atoms with Crippen LogP contribution in [0.1, 0.15) is 37.7 Å². The molecule has 0 aliphatic rings. The quantitative estimate of drug-likeness (QED) is 0.803. The molecule has 5 nitrogen and oxygen atoms in total. The van der Waals surface area contributed by atoms with Gasteiger partial charge in [-0.05, 0) is 44.0 Å². The standard InChI is InChI=1S/C15H16N2O3/c1-8-5-4-6-11(10(8)3)14(18)17-12-7-9(2)16-13(12)15(19)20/h4-7,16H,1-3H3,(H,17,18)(H,19,20). The zero-order chi connectivity index (χ0) is 14.9. The summed E-state index contributed by atoms with van der Waals surface area (Å²) >= 11 is 0. The van der Waals surface area contributed by atoms with Crippen LogP contribution in [-0.4, -0.2) is 22.0 Å². The van der Waals surface area contributed by atoms with Gasteiger partial charge in [0.25, 0.3) is 5.91 Å². The Bertz CT molecular complexity index is 686. The SMILES string of the molecule is Cc1cc(NC(=O)c2cccc(C)c2C)c(C(=O)O)[nH]1. The fourth-order valence-electron chi connectivity index (χ4n) is 2.04. The molecule has 0 unspecified atom stereocenters. The lowest BCUT2D eigenvalue weighted by molar-refractivity contribution is 0.0692. The van der Waals surface area contributed by atoms with Crippen molar-refractivity contribution in [1.29, 1.82) is 0 Å². The predicted octanol–water partition coefficient (Wildman–Crippen LogP) is 2.89. The molecular weight excluding hydrogens is 256 g/mol. The lowest BCUT2D eigenvalue weighted by Gasteiger charge is -2.09. The van der Waals surface area contributed by atoms with Gasteiger partial charge in [-0.25, -0.2) is 4.79 Å². The Morgan fingerprint density at radius 3 is 2.55 bits per heavy atom. The molecule has 0 saturated carbocycles. The van der Waals surface area contributed by atoms with Crippen LogP contribution in [-0.2, 0) is 0 Å². The van der Waals surface area contributed by atoms with E-state index in [-0.39, 0.29) is 17.3 Å². The van der Waals surface area contributed by atoms with Gasteiger partial charge < -0.3 is 15.4 Å². The van der Waals surface area contributed by atoms with Crippen LogP contribution in [0.4, 0.5) is 5.69 Å². The highest BCUT2D eigenvalue weighted by Gasteiger charge is 2.17. The Morgan fingerprint density at radius 1 is 1.20 bits per heavy atom. The van der Waals surface area contributed by atoms with Crippen LogP contribution in [0.2, 0.25) is 0 Å². The number of aromatic carboxylic acids is 1. The van der Waals surface area contributed by atoms with Gasteiger partial charge in [0.2, 0.25) is 0 Å². The molecule has 0 saturated heterocycles. The van der Waals surface area contributed by atoms with Crippen molar-refractivity contribution in [2.24, 2.45) is 0 Å². The summed E-state index contributed by atoms with van der Waals surface area (Å²) in [6.45, 7) is 5.53. The number of carbonyl (C=O) groups excluding carboxylic acids is 1. The average molecular weight is 272 g/mol. The van der Waals surface area contributed by atoms with Gasteiger partial charge in [0.15, 0.2) is 0 Å². The maximum absolute atomic E-state index is 12.3. The number of hydrogen-bond donors (Lipinski definition) is 3. The van der Waals surface area contributed by atoms with E-state index in [1.807, 2.05) is 19.9 Å². The summed E-state index contributed by atoms with van der Waals surface area (Å²) in [5.41, 5.74) is 3.39. The van der Waals surface area contributed by atoms with Crippen molar-refractivity contribution in [2.45, 2.75) is 20.8 Å². The first-order chi connectivity index (χ1) is 9.40. The Morgan fingerprint density at radius 2 is 1.90 bits per heavy atom. The molecule has 1 aromatic carbocycles. The molecule has 5 heteroatoms. The minimum absolute atomic E-state index is 0.0128. The van der Waals surface area contributed by atoms with Crippen LogP contribution in [0.3, 0.4) is 0 Å². The summed E-state index contributed by atoms with van der Waals surface area (Å²) < 4.78 is 0. The Balaban J connectivity index is 2.33. The number of nitrogens with one attached hydrogen (secondary N) is 2. The van der Waals surface area contributed by atoms with E-state index in [0.29, 0.717) is 11.3 Å². The van der Waals surface area contributed by atoms with Gasteiger partial charge in [0.05, 0.1) is 5.69 Å². The molecule has 3 N–H and O–H groups in total. The third kappa shape index (κ3) is 2.56. The van der Waals surface area contributed by atoms with Crippen molar-refractivity contribution in [1.82, 2.24) is 4.98 Å². The lowest BCUT2D eigenvalue weighted by Crippen LogP contribution is -2.15. The summed E-state index contributed by atoms with van der Waals surface area (Å²) in [4.78, 5) is 26.1. The largest absolute Gasteiger partial charge is 0.477 e. The Kier molecular flexibility index (Phi) is 3.61. The number of hydrogen-bond acceptors (Lipinski definition) is 2. The van der Waals surface area contributed by atoms with Crippen molar-refractivity contribution >= 4 is 17.6 Å². The van der Waals surface area contributed by atoms with E-state index in [4.69, 9.17) is 5.11 Å². The maximum Gasteiger partial charge on any atom is 0.354 e. The van der Waals surface area contributed by atoms with E-state index in [0.717, 1.165) is 11.1 Å². The second kappa shape index (κ2) is 5.21. The van der Waals surface area contributed by atoms with Gasteiger partial charge >= 0.3 is 5.97 Å². The second-order valence-electron chi connectivity index (χ2n) is 4.75. The van der Waals surface area contributed by atoms with Gasteiger partial charge in [0.1, 0.15) is 5.69 Å². The van der Waals surface area contributed by atoms with Crippen LogP contribution >= 0.6 is 0 Å². The minimum Gasteiger partial charge on any atom is -0.477 e. The van der Waals surface area contributed by atoms with Crippen molar-refractivity contribution in [2.75, 3.05) is 5.32 Å². The van der Waals surface area contributed by atoms with Gasteiger partial charge in [0, 0.05) is 11.3 Å². The number of anilines is 1. The van der Waals surface area contributed by atoms with Crippen LogP contribution < -0.4 is 5.32 Å². The molecule has 0 radical (unpaired) electrons. The summed E-state index contributed by atoms with van der Waals surface area (Å²) in [5.74, 6) is -1.41. The number of H-pyrrole nitrogens is 1. The van der Waals surface area contributed by atoms with Crippen LogP contribution in [0.15, 0.2) is 24.3 Å². The highest BCUT2D eigenvalue weighted by molar-refractivity contribution is 6.08. The monoisotopic (exact) mass is 272 g/mol. The summed E-state index contributed by atoms with van der Waals surface area (Å²) in [6, 6.07) is 7.05. The van der Waals surface area contributed by atoms with Crippen LogP contribution in [0.25, 0.3) is 0 Å². The number of aromatic amines is 1. The molecular formula is C15H16N2O3. The van der Waals surface area contributed by atoms with Gasteiger partial charge in [-0.3, -0.25) is 4.79 Å². The van der Waals surface area contributed by atoms with Crippen molar-refractivity contribution in [3.05, 3.63) is 52.3 Å². The topological polar surface area (TPSA) is 82.2 Å². The molecule has 0 aliphatic carbocycles. The van der Waals surface area contributed by atoms with Crippen molar-refractivity contribution < 1.29 is 14.7 Å². The molecule has 1 amide bonds. The number of carboxylic acid groups (broad SMARTS) is 1. The molecule has 0 bridgehead atoms. The predicted molar refractivity (Wildman–Crippen MR) is 76.4 cm³/mol. The van der Waals surface area contributed by atoms with Gasteiger partial charge in [-0.2, -0.15) is 0 Å². The normalized spacial score (nSPS) is 10.3.